The molecular formula is C11H21NO. The molecule has 1 fully saturated rings. The predicted molar refractivity (Wildman–Crippen MR) is 55.8 cm³/mol. The molecule has 1 aliphatic rings. The Kier molecular flexibility index (Phi) is 4.46. The fourth-order valence-corrected chi connectivity index (χ4v) is 1.74. The molecule has 76 valence electrons. The molecule has 0 aliphatic heterocycles. The van der Waals surface area contributed by atoms with Gasteiger partial charge in [-0.25, -0.2) is 0 Å². The number of hydrogen-bond acceptors (Lipinski definition) is 2. The normalized spacial score (nSPS) is 28.2. The first-order valence-corrected chi connectivity index (χ1v) is 5.11. The van der Waals surface area contributed by atoms with Gasteiger partial charge in [0.25, 0.3) is 0 Å². The molecule has 1 aliphatic carbocycles. The van der Waals surface area contributed by atoms with Crippen molar-refractivity contribution in [2.45, 2.75) is 25.4 Å². The standard InChI is InChI=1S/C11H21NO/c1-4-10-5-6-11(9-10)13-8-7-12(2)3/h4,10-11H,1,5-9H2,2-3H3. The van der Waals surface area contributed by atoms with E-state index in [1.165, 1.54) is 19.3 Å². The minimum absolute atomic E-state index is 0.489. The summed E-state index contributed by atoms with van der Waals surface area (Å²) in [6.45, 7) is 5.71. The van der Waals surface area contributed by atoms with Crippen LogP contribution in [0.25, 0.3) is 0 Å². The summed E-state index contributed by atoms with van der Waals surface area (Å²) in [5, 5.41) is 0. The molecule has 2 unspecified atom stereocenters. The van der Waals surface area contributed by atoms with Crippen LogP contribution in [0.15, 0.2) is 12.7 Å². The van der Waals surface area contributed by atoms with Crippen molar-refractivity contribution in [1.29, 1.82) is 0 Å². The first-order valence-electron chi connectivity index (χ1n) is 5.11. The summed E-state index contributed by atoms with van der Waals surface area (Å²) < 4.78 is 5.76. The van der Waals surface area contributed by atoms with Crippen molar-refractivity contribution in [1.82, 2.24) is 4.90 Å². The highest BCUT2D eigenvalue weighted by Crippen LogP contribution is 2.28. The van der Waals surface area contributed by atoms with Crippen LogP contribution in [0.1, 0.15) is 19.3 Å². The van der Waals surface area contributed by atoms with Crippen LogP contribution in [0.5, 0.6) is 0 Å². The van der Waals surface area contributed by atoms with Gasteiger partial charge in [-0.15, -0.1) is 6.58 Å². The van der Waals surface area contributed by atoms with E-state index in [-0.39, 0.29) is 0 Å². The van der Waals surface area contributed by atoms with Crippen LogP contribution in [0.4, 0.5) is 0 Å². The van der Waals surface area contributed by atoms with Gasteiger partial charge in [-0.05, 0) is 39.3 Å². The minimum atomic E-state index is 0.489. The van der Waals surface area contributed by atoms with Crippen molar-refractivity contribution in [3.8, 4) is 0 Å². The molecule has 0 N–H and O–H groups in total. The maximum Gasteiger partial charge on any atom is 0.0596 e. The summed E-state index contributed by atoms with van der Waals surface area (Å²) in [6.07, 6.45) is 6.20. The predicted octanol–water partition coefficient (Wildman–Crippen LogP) is 1.92. The van der Waals surface area contributed by atoms with Gasteiger partial charge < -0.3 is 9.64 Å². The van der Waals surface area contributed by atoms with Crippen molar-refractivity contribution in [3.63, 3.8) is 0 Å². The molecule has 13 heavy (non-hydrogen) atoms. The molecule has 1 rings (SSSR count). The first-order chi connectivity index (χ1) is 6.22. The summed E-state index contributed by atoms with van der Waals surface area (Å²) in [6, 6.07) is 0. The van der Waals surface area contributed by atoms with Crippen LogP contribution < -0.4 is 0 Å². The second-order valence-corrected chi connectivity index (χ2v) is 4.10. The molecule has 0 spiro atoms. The van der Waals surface area contributed by atoms with Crippen LogP contribution in [0, 0.1) is 5.92 Å². The maximum absolute atomic E-state index is 5.76. The Bertz CT molecular complexity index is 156. The van der Waals surface area contributed by atoms with E-state index in [4.69, 9.17) is 4.74 Å². The number of hydrogen-bond donors (Lipinski definition) is 0. The Balaban J connectivity index is 2.07. The van der Waals surface area contributed by atoms with Crippen molar-refractivity contribution >= 4 is 0 Å². The van der Waals surface area contributed by atoms with Gasteiger partial charge in [-0.1, -0.05) is 6.08 Å². The number of rotatable bonds is 5. The highest BCUT2D eigenvalue weighted by Gasteiger charge is 2.22. The van der Waals surface area contributed by atoms with Gasteiger partial charge in [-0.3, -0.25) is 0 Å². The molecule has 0 amide bonds. The van der Waals surface area contributed by atoms with Crippen molar-refractivity contribution in [2.75, 3.05) is 27.2 Å². The summed E-state index contributed by atoms with van der Waals surface area (Å²) in [4.78, 5) is 2.15. The highest BCUT2D eigenvalue weighted by atomic mass is 16.5. The molecule has 0 radical (unpaired) electrons. The zero-order valence-corrected chi connectivity index (χ0v) is 8.83. The molecule has 0 saturated heterocycles. The van der Waals surface area contributed by atoms with E-state index in [1.807, 2.05) is 0 Å². The monoisotopic (exact) mass is 183 g/mol. The topological polar surface area (TPSA) is 12.5 Å². The van der Waals surface area contributed by atoms with E-state index in [2.05, 4.69) is 31.7 Å². The fourth-order valence-electron chi connectivity index (χ4n) is 1.74. The second kappa shape index (κ2) is 5.40. The molecule has 0 heterocycles. The number of ether oxygens (including phenoxy) is 1. The Labute approximate surface area is 81.6 Å². The lowest BCUT2D eigenvalue weighted by Crippen LogP contribution is -2.21. The molecule has 2 heteroatoms. The summed E-state index contributed by atoms with van der Waals surface area (Å²) in [5.74, 6) is 0.698. The van der Waals surface area contributed by atoms with Gasteiger partial charge in [0, 0.05) is 6.54 Å². The van der Waals surface area contributed by atoms with E-state index >= 15 is 0 Å². The van der Waals surface area contributed by atoms with Gasteiger partial charge in [0.15, 0.2) is 0 Å². The minimum Gasteiger partial charge on any atom is -0.377 e. The van der Waals surface area contributed by atoms with Gasteiger partial charge >= 0.3 is 0 Å². The van der Waals surface area contributed by atoms with E-state index < -0.39 is 0 Å². The van der Waals surface area contributed by atoms with Crippen molar-refractivity contribution in [2.24, 2.45) is 5.92 Å². The Hall–Kier alpha value is -0.340. The Morgan fingerprint density at radius 2 is 2.23 bits per heavy atom. The van der Waals surface area contributed by atoms with Crippen LogP contribution in [-0.2, 0) is 4.74 Å². The molecule has 1 saturated carbocycles. The van der Waals surface area contributed by atoms with Gasteiger partial charge in [0.05, 0.1) is 12.7 Å². The highest BCUT2D eigenvalue weighted by molar-refractivity contribution is 4.87. The average Bonchev–Trinajstić information content (AvgIpc) is 2.52. The molecule has 2 atom stereocenters. The number of nitrogens with zero attached hydrogens (tertiary/aromatic N) is 1. The van der Waals surface area contributed by atoms with Crippen molar-refractivity contribution in [3.05, 3.63) is 12.7 Å². The second-order valence-electron chi connectivity index (χ2n) is 4.10. The van der Waals surface area contributed by atoms with E-state index in [9.17, 15) is 0 Å². The summed E-state index contributed by atoms with van der Waals surface area (Å²) >= 11 is 0. The maximum atomic E-state index is 5.76. The number of likely N-dealkylation sites (N-methyl/N-ethyl adjacent to an activating group) is 1. The average molecular weight is 183 g/mol. The third-order valence-electron chi connectivity index (χ3n) is 2.65. The van der Waals surface area contributed by atoms with E-state index in [0.717, 1.165) is 13.2 Å². The first kappa shape index (κ1) is 10.7. The number of allylic oxidation sites excluding steroid dienone is 1. The Morgan fingerprint density at radius 1 is 1.46 bits per heavy atom. The molecule has 0 aromatic heterocycles. The quantitative estimate of drug-likeness (QED) is 0.604. The lowest BCUT2D eigenvalue weighted by molar-refractivity contribution is 0.0475. The van der Waals surface area contributed by atoms with Crippen LogP contribution in [0.3, 0.4) is 0 Å². The molecule has 0 aromatic rings. The summed E-state index contributed by atoms with van der Waals surface area (Å²) in [7, 11) is 4.15. The largest absolute Gasteiger partial charge is 0.377 e. The third-order valence-corrected chi connectivity index (χ3v) is 2.65. The summed E-state index contributed by atoms with van der Waals surface area (Å²) in [5.41, 5.74) is 0. The Morgan fingerprint density at radius 3 is 2.77 bits per heavy atom. The van der Waals surface area contributed by atoms with E-state index in [0.29, 0.717) is 12.0 Å². The van der Waals surface area contributed by atoms with Crippen LogP contribution >= 0.6 is 0 Å². The van der Waals surface area contributed by atoms with Gasteiger partial charge in [0.1, 0.15) is 0 Å². The van der Waals surface area contributed by atoms with Crippen LogP contribution in [-0.4, -0.2) is 38.3 Å². The van der Waals surface area contributed by atoms with Crippen LogP contribution in [0.2, 0.25) is 0 Å². The SMILES string of the molecule is C=CC1CCC(OCCN(C)C)C1. The van der Waals surface area contributed by atoms with E-state index in [1.54, 1.807) is 0 Å². The fraction of sp³-hybridized carbons (Fsp3) is 0.818. The molecule has 0 aromatic carbocycles. The molecule has 0 bridgehead atoms. The zero-order valence-electron chi connectivity index (χ0n) is 8.83. The molecular weight excluding hydrogens is 162 g/mol. The van der Waals surface area contributed by atoms with Gasteiger partial charge in [-0.2, -0.15) is 0 Å². The van der Waals surface area contributed by atoms with Gasteiger partial charge in [0.2, 0.25) is 0 Å². The lowest BCUT2D eigenvalue weighted by Gasteiger charge is -2.14. The molecule has 2 nitrogen and oxygen atoms in total. The third kappa shape index (κ3) is 3.92. The van der Waals surface area contributed by atoms with Crippen molar-refractivity contribution < 1.29 is 4.74 Å². The zero-order chi connectivity index (χ0) is 9.68. The smallest absolute Gasteiger partial charge is 0.0596 e. The lowest BCUT2D eigenvalue weighted by atomic mass is 10.1.